The van der Waals surface area contributed by atoms with Crippen molar-refractivity contribution in [2.45, 2.75) is 19.4 Å². The van der Waals surface area contributed by atoms with Gasteiger partial charge in [0, 0.05) is 35.4 Å². The molecule has 82 valence electrons. The van der Waals surface area contributed by atoms with Gasteiger partial charge in [0.25, 0.3) is 0 Å². The van der Waals surface area contributed by atoms with E-state index in [2.05, 4.69) is 9.97 Å². The Morgan fingerprint density at radius 1 is 1.12 bits per heavy atom. The van der Waals surface area contributed by atoms with Gasteiger partial charge in [-0.05, 0) is 26.0 Å². The van der Waals surface area contributed by atoms with E-state index in [1.807, 2.05) is 31.2 Å². The summed E-state index contributed by atoms with van der Waals surface area (Å²) in [6.45, 7) is 3.67. The van der Waals surface area contributed by atoms with Gasteiger partial charge in [0.1, 0.15) is 5.60 Å². The van der Waals surface area contributed by atoms with Crippen molar-refractivity contribution in [2.75, 3.05) is 0 Å². The van der Waals surface area contributed by atoms with E-state index in [1.165, 1.54) is 0 Å². The summed E-state index contributed by atoms with van der Waals surface area (Å²) >= 11 is 0. The number of aromatic nitrogens is 2. The molecule has 0 aliphatic rings. The van der Waals surface area contributed by atoms with E-state index in [4.69, 9.17) is 0 Å². The molecular formula is C13H14N2O. The maximum Gasteiger partial charge on any atom is 0.115 e. The summed E-state index contributed by atoms with van der Waals surface area (Å²) < 4.78 is 0. The fraction of sp³-hybridized carbons (Fsp3) is 0.231. The minimum Gasteiger partial charge on any atom is -0.381 e. The number of rotatable bonds is 2. The summed E-state index contributed by atoms with van der Waals surface area (Å²) in [5, 5.41) is 10.5. The monoisotopic (exact) mass is 214 g/mol. The molecule has 0 amide bonds. The normalized spacial score (nSPS) is 14.4. The summed E-state index contributed by atoms with van der Waals surface area (Å²) in [7, 11) is 0. The second-order valence-corrected chi connectivity index (χ2v) is 4.00. The van der Waals surface area contributed by atoms with Crippen molar-refractivity contribution in [2.24, 2.45) is 0 Å². The van der Waals surface area contributed by atoms with Crippen LogP contribution in [0.4, 0.5) is 0 Å². The molecule has 1 unspecified atom stereocenters. The number of pyridine rings is 2. The molecule has 3 nitrogen and oxygen atoms in total. The smallest absolute Gasteiger partial charge is 0.115 e. The zero-order chi connectivity index (χ0) is 11.6. The van der Waals surface area contributed by atoms with Crippen LogP contribution in [0.25, 0.3) is 0 Å². The Morgan fingerprint density at radius 3 is 2.44 bits per heavy atom. The van der Waals surface area contributed by atoms with Crippen molar-refractivity contribution in [1.82, 2.24) is 9.97 Å². The van der Waals surface area contributed by atoms with Gasteiger partial charge in [-0.25, -0.2) is 0 Å². The molecule has 0 aliphatic heterocycles. The van der Waals surface area contributed by atoms with E-state index >= 15 is 0 Å². The van der Waals surface area contributed by atoms with Gasteiger partial charge in [0.05, 0.1) is 0 Å². The van der Waals surface area contributed by atoms with Crippen LogP contribution in [0.2, 0.25) is 0 Å². The Kier molecular flexibility index (Phi) is 2.71. The molecule has 0 saturated heterocycles. The van der Waals surface area contributed by atoms with Gasteiger partial charge in [-0.2, -0.15) is 0 Å². The van der Waals surface area contributed by atoms with Crippen LogP contribution < -0.4 is 0 Å². The minimum atomic E-state index is -1.05. The van der Waals surface area contributed by atoms with E-state index in [1.54, 1.807) is 25.5 Å². The molecular weight excluding hydrogens is 200 g/mol. The second-order valence-electron chi connectivity index (χ2n) is 4.00. The first-order valence-electron chi connectivity index (χ1n) is 5.17. The number of hydrogen-bond acceptors (Lipinski definition) is 3. The maximum atomic E-state index is 10.5. The Labute approximate surface area is 94.8 Å². The lowest BCUT2D eigenvalue weighted by Crippen LogP contribution is -2.23. The first-order chi connectivity index (χ1) is 7.60. The lowest BCUT2D eigenvalue weighted by Gasteiger charge is -2.23. The zero-order valence-electron chi connectivity index (χ0n) is 9.38. The summed E-state index contributed by atoms with van der Waals surface area (Å²) in [4.78, 5) is 8.20. The fourth-order valence-electron chi connectivity index (χ4n) is 1.57. The highest BCUT2D eigenvalue weighted by Crippen LogP contribution is 2.27. The molecule has 0 spiro atoms. The summed E-state index contributed by atoms with van der Waals surface area (Å²) in [6, 6.07) is 7.44. The Morgan fingerprint density at radius 2 is 1.88 bits per heavy atom. The van der Waals surface area contributed by atoms with Crippen LogP contribution in [-0.4, -0.2) is 15.1 Å². The third kappa shape index (κ3) is 1.95. The van der Waals surface area contributed by atoms with Gasteiger partial charge >= 0.3 is 0 Å². The van der Waals surface area contributed by atoms with Crippen molar-refractivity contribution >= 4 is 0 Å². The molecule has 2 heterocycles. The Balaban J connectivity index is 2.43. The van der Waals surface area contributed by atoms with Gasteiger partial charge in [-0.3, -0.25) is 9.97 Å². The van der Waals surface area contributed by atoms with Crippen LogP contribution in [0.1, 0.15) is 23.7 Å². The van der Waals surface area contributed by atoms with Gasteiger partial charge in [-0.15, -0.1) is 0 Å². The van der Waals surface area contributed by atoms with Crippen LogP contribution in [0.3, 0.4) is 0 Å². The van der Waals surface area contributed by atoms with Crippen molar-refractivity contribution < 1.29 is 5.11 Å². The Hall–Kier alpha value is -1.74. The molecule has 1 atom stereocenters. The molecule has 1 N–H and O–H groups in total. The fourth-order valence-corrected chi connectivity index (χ4v) is 1.57. The molecule has 2 rings (SSSR count). The first-order valence-corrected chi connectivity index (χ1v) is 5.17. The number of aryl methyl sites for hydroxylation is 1. The van der Waals surface area contributed by atoms with Gasteiger partial charge in [-0.1, -0.05) is 12.1 Å². The molecule has 0 fully saturated rings. The standard InChI is InChI=1S/C13H14N2O/c1-10-5-6-12(9-15-10)13(2,16)11-4-3-7-14-8-11/h3-9,16H,1-2H3. The molecule has 0 radical (unpaired) electrons. The highest BCUT2D eigenvalue weighted by Gasteiger charge is 2.25. The van der Waals surface area contributed by atoms with Crippen LogP contribution >= 0.6 is 0 Å². The molecule has 16 heavy (non-hydrogen) atoms. The zero-order valence-corrected chi connectivity index (χ0v) is 9.38. The number of aliphatic hydroxyl groups is 1. The van der Waals surface area contributed by atoms with Crippen LogP contribution in [0.15, 0.2) is 42.9 Å². The van der Waals surface area contributed by atoms with E-state index < -0.39 is 5.60 Å². The average Bonchev–Trinajstić information content (AvgIpc) is 2.31. The predicted molar refractivity (Wildman–Crippen MR) is 61.9 cm³/mol. The molecule has 0 saturated carbocycles. The van der Waals surface area contributed by atoms with Crippen LogP contribution in [0, 0.1) is 6.92 Å². The number of nitrogens with zero attached hydrogens (tertiary/aromatic N) is 2. The van der Waals surface area contributed by atoms with Crippen molar-refractivity contribution in [3.63, 3.8) is 0 Å². The lowest BCUT2D eigenvalue weighted by molar-refractivity contribution is 0.101. The predicted octanol–water partition coefficient (Wildman–Crippen LogP) is 2.04. The maximum absolute atomic E-state index is 10.5. The second kappa shape index (κ2) is 4.02. The molecule has 0 aromatic carbocycles. The van der Waals surface area contributed by atoms with Crippen molar-refractivity contribution in [3.05, 3.63) is 59.7 Å². The third-order valence-electron chi connectivity index (χ3n) is 2.70. The SMILES string of the molecule is Cc1ccc(C(C)(O)c2cccnc2)cn1. The topological polar surface area (TPSA) is 46.0 Å². The molecule has 3 heteroatoms. The average molecular weight is 214 g/mol. The molecule has 2 aromatic heterocycles. The lowest BCUT2D eigenvalue weighted by atomic mass is 9.90. The minimum absolute atomic E-state index is 0.764. The van der Waals surface area contributed by atoms with Gasteiger partial charge in [0.15, 0.2) is 0 Å². The van der Waals surface area contributed by atoms with Gasteiger partial charge < -0.3 is 5.11 Å². The van der Waals surface area contributed by atoms with Gasteiger partial charge in [0.2, 0.25) is 0 Å². The van der Waals surface area contributed by atoms with Crippen LogP contribution in [-0.2, 0) is 5.60 Å². The highest BCUT2D eigenvalue weighted by atomic mass is 16.3. The van der Waals surface area contributed by atoms with E-state index in [-0.39, 0.29) is 0 Å². The molecule has 0 aliphatic carbocycles. The third-order valence-corrected chi connectivity index (χ3v) is 2.70. The number of hydrogen-bond donors (Lipinski definition) is 1. The summed E-state index contributed by atoms with van der Waals surface area (Å²) in [6.07, 6.45) is 5.05. The van der Waals surface area contributed by atoms with E-state index in [9.17, 15) is 5.11 Å². The largest absolute Gasteiger partial charge is 0.381 e. The van der Waals surface area contributed by atoms with Crippen molar-refractivity contribution in [3.8, 4) is 0 Å². The highest BCUT2D eigenvalue weighted by molar-refractivity contribution is 5.32. The summed E-state index contributed by atoms with van der Waals surface area (Å²) in [5.74, 6) is 0. The Bertz CT molecular complexity index is 463. The van der Waals surface area contributed by atoms with E-state index in [0.29, 0.717) is 0 Å². The first kappa shape index (κ1) is 10.8. The van der Waals surface area contributed by atoms with Crippen molar-refractivity contribution in [1.29, 1.82) is 0 Å². The summed E-state index contributed by atoms with van der Waals surface area (Å²) in [5.41, 5.74) is 1.42. The molecule has 0 bridgehead atoms. The molecule has 2 aromatic rings. The van der Waals surface area contributed by atoms with Crippen LogP contribution in [0.5, 0.6) is 0 Å². The quantitative estimate of drug-likeness (QED) is 0.832. The van der Waals surface area contributed by atoms with E-state index in [0.717, 1.165) is 16.8 Å².